The Morgan fingerprint density at radius 2 is 1.85 bits per heavy atom. The van der Waals surface area contributed by atoms with E-state index in [1.54, 1.807) is 12.4 Å². The normalized spacial score (nSPS) is 16.2. The molecule has 1 N–H and O–H groups in total. The molecule has 3 rings (SSSR count). The van der Waals surface area contributed by atoms with Gasteiger partial charge in [0.25, 0.3) is 0 Å². The molecule has 1 aromatic carbocycles. The summed E-state index contributed by atoms with van der Waals surface area (Å²) in [6.07, 6.45) is 4.14. The van der Waals surface area contributed by atoms with Crippen molar-refractivity contribution in [3.8, 4) is 0 Å². The molecule has 1 saturated heterocycles. The first-order chi connectivity index (χ1) is 12.7. The molecule has 1 aliphatic rings. The molecule has 1 fully saturated rings. The van der Waals surface area contributed by atoms with Crippen LogP contribution in [0, 0.1) is 0 Å². The Morgan fingerprint density at radius 3 is 2.54 bits per heavy atom. The van der Waals surface area contributed by atoms with E-state index < -0.39 is 0 Å². The second kappa shape index (κ2) is 9.67. The number of nitrogens with one attached hydrogen (secondary N) is 1. The summed E-state index contributed by atoms with van der Waals surface area (Å²) in [5, 5.41) is 3.76. The largest absolute Gasteiger partial charge is 0.379 e. The van der Waals surface area contributed by atoms with Crippen LogP contribution >= 0.6 is 11.6 Å². The number of benzene rings is 1. The van der Waals surface area contributed by atoms with E-state index in [9.17, 15) is 4.79 Å². The Hall–Kier alpha value is -1.95. The van der Waals surface area contributed by atoms with Crippen molar-refractivity contribution in [1.29, 1.82) is 0 Å². The molecule has 1 aliphatic heterocycles. The summed E-state index contributed by atoms with van der Waals surface area (Å²) in [5.41, 5.74) is 2.05. The Bertz CT molecular complexity index is 688. The van der Waals surface area contributed by atoms with Gasteiger partial charge in [-0.1, -0.05) is 23.7 Å². The van der Waals surface area contributed by atoms with Crippen molar-refractivity contribution in [3.05, 3.63) is 64.9 Å². The summed E-state index contributed by atoms with van der Waals surface area (Å²) in [6.45, 7) is 4.87. The lowest BCUT2D eigenvalue weighted by Crippen LogP contribution is -2.42. The zero-order chi connectivity index (χ0) is 18.2. The predicted molar refractivity (Wildman–Crippen MR) is 102 cm³/mol. The first kappa shape index (κ1) is 18.8. The summed E-state index contributed by atoms with van der Waals surface area (Å²) >= 11 is 6.00. The van der Waals surface area contributed by atoms with Crippen LogP contribution in [0.25, 0.3) is 0 Å². The van der Waals surface area contributed by atoms with Gasteiger partial charge in [-0.05, 0) is 41.8 Å². The maximum absolute atomic E-state index is 12.9. The van der Waals surface area contributed by atoms with Crippen LogP contribution in [0.4, 0.5) is 0 Å². The average molecular weight is 374 g/mol. The second-order valence-electron chi connectivity index (χ2n) is 6.41. The summed E-state index contributed by atoms with van der Waals surface area (Å²) in [6, 6.07) is 11.4. The van der Waals surface area contributed by atoms with Gasteiger partial charge in [-0.15, -0.1) is 0 Å². The average Bonchev–Trinajstić information content (AvgIpc) is 2.68. The van der Waals surface area contributed by atoms with E-state index in [2.05, 4.69) is 15.2 Å². The van der Waals surface area contributed by atoms with Gasteiger partial charge in [-0.2, -0.15) is 0 Å². The number of hydrogen-bond acceptors (Lipinski definition) is 4. The molecule has 5 nitrogen and oxygen atoms in total. The first-order valence-electron chi connectivity index (χ1n) is 8.94. The highest BCUT2D eigenvalue weighted by molar-refractivity contribution is 6.30. The van der Waals surface area contributed by atoms with Crippen LogP contribution in [-0.2, 0) is 16.0 Å². The van der Waals surface area contributed by atoms with Crippen molar-refractivity contribution in [2.24, 2.45) is 0 Å². The molecule has 0 bridgehead atoms. The fraction of sp³-hybridized carbons (Fsp3) is 0.400. The van der Waals surface area contributed by atoms with Gasteiger partial charge in [-0.25, -0.2) is 0 Å². The molecule has 1 aromatic heterocycles. The molecular formula is C20H24ClN3O2. The topological polar surface area (TPSA) is 54.5 Å². The van der Waals surface area contributed by atoms with Crippen molar-refractivity contribution >= 4 is 17.5 Å². The fourth-order valence-corrected chi connectivity index (χ4v) is 3.22. The predicted octanol–water partition coefficient (Wildman–Crippen LogP) is 2.51. The van der Waals surface area contributed by atoms with Crippen molar-refractivity contribution in [1.82, 2.24) is 15.2 Å². The van der Waals surface area contributed by atoms with Crippen LogP contribution in [0.3, 0.4) is 0 Å². The van der Waals surface area contributed by atoms with E-state index in [0.29, 0.717) is 18.0 Å². The zero-order valence-electron chi connectivity index (χ0n) is 14.7. The SMILES string of the molecule is O=C(NCCN1CCOCC1)C(Cc1ccncc1)c1ccc(Cl)cc1. The van der Waals surface area contributed by atoms with Crippen LogP contribution < -0.4 is 5.32 Å². The Kier molecular flexibility index (Phi) is 7.00. The smallest absolute Gasteiger partial charge is 0.227 e. The Labute approximate surface area is 159 Å². The molecule has 2 aromatic rings. The number of aromatic nitrogens is 1. The Balaban J connectivity index is 1.63. The molecule has 26 heavy (non-hydrogen) atoms. The van der Waals surface area contributed by atoms with Gasteiger partial charge in [0.1, 0.15) is 0 Å². The standard InChI is InChI=1S/C20H24ClN3O2/c21-18-3-1-17(2-4-18)19(15-16-5-7-22-8-6-16)20(25)23-9-10-24-11-13-26-14-12-24/h1-8,19H,9-15H2,(H,23,25). The van der Waals surface area contributed by atoms with Crippen LogP contribution in [0.5, 0.6) is 0 Å². The van der Waals surface area contributed by atoms with Gasteiger partial charge in [0, 0.05) is 43.6 Å². The lowest BCUT2D eigenvalue weighted by Gasteiger charge is -2.27. The number of ether oxygens (including phenoxy) is 1. The highest BCUT2D eigenvalue weighted by Gasteiger charge is 2.21. The lowest BCUT2D eigenvalue weighted by atomic mass is 9.91. The number of nitrogens with zero attached hydrogens (tertiary/aromatic N) is 2. The molecule has 0 radical (unpaired) electrons. The number of morpholine rings is 1. The van der Waals surface area contributed by atoms with Gasteiger partial charge in [0.05, 0.1) is 19.1 Å². The third-order valence-electron chi connectivity index (χ3n) is 4.61. The minimum Gasteiger partial charge on any atom is -0.379 e. The van der Waals surface area contributed by atoms with Crippen molar-refractivity contribution < 1.29 is 9.53 Å². The maximum atomic E-state index is 12.9. The van der Waals surface area contributed by atoms with Crippen LogP contribution in [0.2, 0.25) is 5.02 Å². The fourth-order valence-electron chi connectivity index (χ4n) is 3.10. The molecule has 138 valence electrons. The van der Waals surface area contributed by atoms with Gasteiger partial charge >= 0.3 is 0 Å². The summed E-state index contributed by atoms with van der Waals surface area (Å²) < 4.78 is 5.35. The quantitative estimate of drug-likeness (QED) is 0.810. The van der Waals surface area contributed by atoms with Crippen LogP contribution in [-0.4, -0.2) is 55.2 Å². The number of amides is 1. The van der Waals surface area contributed by atoms with E-state index in [0.717, 1.165) is 44.0 Å². The molecule has 1 amide bonds. The maximum Gasteiger partial charge on any atom is 0.227 e. The minimum atomic E-state index is -0.251. The minimum absolute atomic E-state index is 0.0393. The molecule has 1 unspecified atom stereocenters. The zero-order valence-corrected chi connectivity index (χ0v) is 15.5. The van der Waals surface area contributed by atoms with Gasteiger partial charge < -0.3 is 10.1 Å². The second-order valence-corrected chi connectivity index (χ2v) is 6.85. The van der Waals surface area contributed by atoms with Gasteiger partial charge in [0.2, 0.25) is 5.91 Å². The third kappa shape index (κ3) is 5.53. The molecule has 0 saturated carbocycles. The number of pyridine rings is 1. The summed E-state index contributed by atoms with van der Waals surface area (Å²) in [7, 11) is 0. The number of carbonyl (C=O) groups excluding carboxylic acids is 1. The van der Waals surface area contributed by atoms with E-state index >= 15 is 0 Å². The first-order valence-corrected chi connectivity index (χ1v) is 9.32. The van der Waals surface area contributed by atoms with Crippen molar-refractivity contribution in [2.45, 2.75) is 12.3 Å². The van der Waals surface area contributed by atoms with Crippen LogP contribution in [0.1, 0.15) is 17.0 Å². The summed E-state index contributed by atoms with van der Waals surface area (Å²) in [5.74, 6) is -0.211. The number of hydrogen-bond donors (Lipinski definition) is 1. The molecular weight excluding hydrogens is 350 g/mol. The van der Waals surface area contributed by atoms with Gasteiger partial charge in [-0.3, -0.25) is 14.7 Å². The van der Waals surface area contributed by atoms with E-state index in [4.69, 9.17) is 16.3 Å². The highest BCUT2D eigenvalue weighted by atomic mass is 35.5. The molecule has 6 heteroatoms. The highest BCUT2D eigenvalue weighted by Crippen LogP contribution is 2.23. The van der Waals surface area contributed by atoms with E-state index in [1.807, 2.05) is 36.4 Å². The molecule has 0 spiro atoms. The summed E-state index contributed by atoms with van der Waals surface area (Å²) in [4.78, 5) is 19.2. The van der Waals surface area contributed by atoms with Crippen molar-refractivity contribution in [2.75, 3.05) is 39.4 Å². The van der Waals surface area contributed by atoms with Crippen LogP contribution in [0.15, 0.2) is 48.8 Å². The van der Waals surface area contributed by atoms with Crippen molar-refractivity contribution in [3.63, 3.8) is 0 Å². The molecule has 0 aliphatic carbocycles. The Morgan fingerprint density at radius 1 is 1.15 bits per heavy atom. The number of halogens is 1. The lowest BCUT2D eigenvalue weighted by molar-refractivity contribution is -0.122. The van der Waals surface area contributed by atoms with E-state index in [1.165, 1.54) is 0 Å². The van der Waals surface area contributed by atoms with E-state index in [-0.39, 0.29) is 11.8 Å². The third-order valence-corrected chi connectivity index (χ3v) is 4.86. The molecule has 1 atom stereocenters. The van der Waals surface area contributed by atoms with Gasteiger partial charge in [0.15, 0.2) is 0 Å². The molecule has 2 heterocycles. The number of carbonyl (C=O) groups is 1. The monoisotopic (exact) mass is 373 g/mol. The number of rotatable bonds is 7.